The SMILES string of the molecule is COc1ccccc1C(=O)/C=C/c1ccc(OC2CSC3=CC=CCN32)cc1. The molecule has 0 radical (unpaired) electrons. The van der Waals surface area contributed by atoms with Gasteiger partial charge in [0.1, 0.15) is 11.5 Å². The average molecular weight is 391 g/mol. The number of allylic oxidation sites excluding steroid dienone is 3. The predicted molar refractivity (Wildman–Crippen MR) is 114 cm³/mol. The largest absolute Gasteiger partial charge is 0.496 e. The molecule has 0 aromatic heterocycles. The molecule has 1 unspecified atom stereocenters. The van der Waals surface area contributed by atoms with Gasteiger partial charge in [-0.3, -0.25) is 4.79 Å². The van der Waals surface area contributed by atoms with E-state index in [0.717, 1.165) is 23.6 Å². The van der Waals surface area contributed by atoms with Crippen molar-refractivity contribution in [3.63, 3.8) is 0 Å². The summed E-state index contributed by atoms with van der Waals surface area (Å²) >= 11 is 1.82. The molecule has 28 heavy (non-hydrogen) atoms. The minimum atomic E-state index is -0.0850. The van der Waals surface area contributed by atoms with E-state index in [9.17, 15) is 4.79 Å². The second-order valence-corrected chi connectivity index (χ2v) is 7.48. The first kappa shape index (κ1) is 18.4. The van der Waals surface area contributed by atoms with Crippen LogP contribution in [0.5, 0.6) is 11.5 Å². The van der Waals surface area contributed by atoms with Crippen molar-refractivity contribution in [3.05, 3.63) is 89.0 Å². The summed E-state index contributed by atoms with van der Waals surface area (Å²) in [5.74, 6) is 2.24. The van der Waals surface area contributed by atoms with E-state index in [2.05, 4.69) is 23.1 Å². The van der Waals surface area contributed by atoms with Crippen molar-refractivity contribution in [2.45, 2.75) is 6.23 Å². The summed E-state index contributed by atoms with van der Waals surface area (Å²) in [5, 5.41) is 1.27. The number of ether oxygens (including phenoxy) is 2. The lowest BCUT2D eigenvalue weighted by atomic mass is 10.1. The number of para-hydroxylation sites is 1. The van der Waals surface area contributed by atoms with Crippen molar-refractivity contribution < 1.29 is 14.3 Å². The molecule has 0 amide bonds. The van der Waals surface area contributed by atoms with Crippen LogP contribution >= 0.6 is 11.8 Å². The Morgan fingerprint density at radius 1 is 1.18 bits per heavy atom. The fourth-order valence-electron chi connectivity index (χ4n) is 3.17. The van der Waals surface area contributed by atoms with Gasteiger partial charge in [-0.05, 0) is 42.0 Å². The number of nitrogens with zero attached hydrogens (tertiary/aromatic N) is 1. The zero-order valence-electron chi connectivity index (χ0n) is 15.6. The molecule has 2 aliphatic rings. The third-order valence-electron chi connectivity index (χ3n) is 4.63. The Balaban J connectivity index is 1.39. The second kappa shape index (κ2) is 8.40. The lowest BCUT2D eigenvalue weighted by Crippen LogP contribution is -2.35. The first-order chi connectivity index (χ1) is 13.7. The summed E-state index contributed by atoms with van der Waals surface area (Å²) in [5.41, 5.74) is 1.50. The van der Waals surface area contributed by atoms with E-state index in [1.165, 1.54) is 5.03 Å². The van der Waals surface area contributed by atoms with Gasteiger partial charge in [0.15, 0.2) is 12.0 Å². The van der Waals surface area contributed by atoms with Gasteiger partial charge in [-0.15, -0.1) is 11.8 Å². The van der Waals surface area contributed by atoms with Crippen molar-refractivity contribution in [3.8, 4) is 11.5 Å². The third-order valence-corrected chi connectivity index (χ3v) is 5.75. The summed E-state index contributed by atoms with van der Waals surface area (Å²) in [4.78, 5) is 14.7. The molecule has 1 saturated heterocycles. The number of hydrogen-bond acceptors (Lipinski definition) is 5. The van der Waals surface area contributed by atoms with E-state index in [1.807, 2.05) is 48.2 Å². The first-order valence-electron chi connectivity index (χ1n) is 9.13. The molecule has 1 atom stereocenters. The molecule has 4 rings (SSSR count). The van der Waals surface area contributed by atoms with E-state index in [4.69, 9.17) is 9.47 Å². The normalized spacial score (nSPS) is 18.1. The maximum atomic E-state index is 12.4. The Kier molecular flexibility index (Phi) is 5.53. The smallest absolute Gasteiger partial charge is 0.189 e. The molecule has 1 fully saturated rings. The Labute approximate surface area is 169 Å². The molecule has 0 spiro atoms. The van der Waals surface area contributed by atoms with Gasteiger partial charge >= 0.3 is 0 Å². The van der Waals surface area contributed by atoms with E-state index < -0.39 is 0 Å². The van der Waals surface area contributed by atoms with Crippen molar-refractivity contribution in [2.75, 3.05) is 19.4 Å². The summed E-state index contributed by atoms with van der Waals surface area (Å²) in [6, 6.07) is 15.0. The number of ketones is 1. The van der Waals surface area contributed by atoms with Crippen LogP contribution in [0.2, 0.25) is 0 Å². The topological polar surface area (TPSA) is 38.8 Å². The number of carbonyl (C=O) groups excluding carboxylic acids is 1. The molecule has 5 heteroatoms. The molecule has 2 heterocycles. The fraction of sp³-hybridized carbons (Fsp3) is 0.174. The maximum absolute atomic E-state index is 12.4. The number of hydrogen-bond donors (Lipinski definition) is 0. The summed E-state index contributed by atoms with van der Waals surface area (Å²) < 4.78 is 11.4. The van der Waals surface area contributed by atoms with Gasteiger partial charge in [-0.25, -0.2) is 0 Å². The minimum absolute atomic E-state index is 0.0507. The molecule has 0 N–H and O–H groups in total. The van der Waals surface area contributed by atoms with Crippen molar-refractivity contribution in [1.29, 1.82) is 0 Å². The number of methoxy groups -OCH3 is 1. The van der Waals surface area contributed by atoms with Gasteiger partial charge in [0.25, 0.3) is 0 Å². The van der Waals surface area contributed by atoms with Crippen LogP contribution in [0.4, 0.5) is 0 Å². The molecule has 0 saturated carbocycles. The van der Waals surface area contributed by atoms with Gasteiger partial charge in [0, 0.05) is 6.54 Å². The lowest BCUT2D eigenvalue weighted by molar-refractivity contribution is 0.0946. The molecule has 4 nitrogen and oxygen atoms in total. The second-order valence-electron chi connectivity index (χ2n) is 6.44. The molecular weight excluding hydrogens is 370 g/mol. The molecule has 0 bridgehead atoms. The van der Waals surface area contributed by atoms with E-state index in [1.54, 1.807) is 31.4 Å². The van der Waals surface area contributed by atoms with Crippen molar-refractivity contribution in [1.82, 2.24) is 4.90 Å². The van der Waals surface area contributed by atoms with Gasteiger partial charge < -0.3 is 14.4 Å². The molecule has 2 aromatic carbocycles. The monoisotopic (exact) mass is 391 g/mol. The minimum Gasteiger partial charge on any atom is -0.496 e. The predicted octanol–water partition coefficient (Wildman–Crippen LogP) is 4.76. The highest BCUT2D eigenvalue weighted by Gasteiger charge is 2.30. The van der Waals surface area contributed by atoms with Gasteiger partial charge in [-0.2, -0.15) is 0 Å². The third kappa shape index (κ3) is 3.99. The molecule has 0 aliphatic carbocycles. The van der Waals surface area contributed by atoms with Crippen LogP contribution in [0.3, 0.4) is 0 Å². The van der Waals surface area contributed by atoms with Crippen LogP contribution in [-0.2, 0) is 0 Å². The number of benzene rings is 2. The molecule has 142 valence electrons. The highest BCUT2D eigenvalue weighted by molar-refractivity contribution is 8.03. The fourth-order valence-corrected chi connectivity index (χ4v) is 4.26. The summed E-state index contributed by atoms with van der Waals surface area (Å²) in [7, 11) is 1.57. The van der Waals surface area contributed by atoms with Crippen LogP contribution in [0.25, 0.3) is 6.08 Å². The Morgan fingerprint density at radius 2 is 2.00 bits per heavy atom. The maximum Gasteiger partial charge on any atom is 0.189 e. The van der Waals surface area contributed by atoms with Crippen LogP contribution in [0.15, 0.2) is 77.9 Å². The Bertz CT molecular complexity index is 947. The number of carbonyl (C=O) groups is 1. The van der Waals surface area contributed by atoms with Crippen LogP contribution in [0, 0.1) is 0 Å². The molecule has 2 aliphatic heterocycles. The number of rotatable bonds is 6. The van der Waals surface area contributed by atoms with Gasteiger partial charge in [-0.1, -0.05) is 42.5 Å². The highest BCUT2D eigenvalue weighted by Crippen LogP contribution is 2.35. The van der Waals surface area contributed by atoms with Crippen molar-refractivity contribution in [2.24, 2.45) is 0 Å². The zero-order chi connectivity index (χ0) is 19.3. The highest BCUT2D eigenvalue weighted by atomic mass is 32.2. The molecule has 2 aromatic rings. The average Bonchev–Trinajstić information content (AvgIpc) is 3.16. The van der Waals surface area contributed by atoms with E-state index in [0.29, 0.717) is 11.3 Å². The Morgan fingerprint density at radius 3 is 2.82 bits per heavy atom. The number of thioether (sulfide) groups is 1. The standard InChI is InChI=1S/C23H21NO3S/c1-26-21-7-3-2-6-19(21)20(25)14-11-17-9-12-18(13-10-17)27-22-16-28-23-8-4-5-15-24(22)23/h2-14,22H,15-16H2,1H3/b14-11+. The zero-order valence-corrected chi connectivity index (χ0v) is 16.4. The Hall–Kier alpha value is -2.92. The van der Waals surface area contributed by atoms with Crippen molar-refractivity contribution >= 4 is 23.6 Å². The van der Waals surface area contributed by atoms with Gasteiger partial charge in [0.05, 0.1) is 23.5 Å². The summed E-state index contributed by atoms with van der Waals surface area (Å²) in [6.45, 7) is 0.884. The number of fused-ring (bicyclic) bond motifs is 1. The van der Waals surface area contributed by atoms with Crippen LogP contribution < -0.4 is 9.47 Å². The van der Waals surface area contributed by atoms with Crippen LogP contribution in [-0.4, -0.2) is 36.3 Å². The first-order valence-corrected chi connectivity index (χ1v) is 10.1. The molecular formula is C23H21NO3S. The van der Waals surface area contributed by atoms with E-state index >= 15 is 0 Å². The quantitative estimate of drug-likeness (QED) is 0.525. The lowest BCUT2D eigenvalue weighted by Gasteiger charge is -2.27. The van der Waals surface area contributed by atoms with Crippen LogP contribution in [0.1, 0.15) is 15.9 Å². The van der Waals surface area contributed by atoms with Gasteiger partial charge in [0.2, 0.25) is 0 Å². The van der Waals surface area contributed by atoms with E-state index in [-0.39, 0.29) is 12.0 Å². The summed E-state index contributed by atoms with van der Waals surface area (Å²) in [6.07, 6.45) is 9.78.